The van der Waals surface area contributed by atoms with Crippen LogP contribution in [0.3, 0.4) is 0 Å². The molecular formula is C12H21N3O. The molecule has 0 aromatic carbocycles. The molecular weight excluding hydrogens is 202 g/mol. The number of rotatable bonds is 4. The van der Waals surface area contributed by atoms with Crippen molar-refractivity contribution < 1.29 is 5.11 Å². The van der Waals surface area contributed by atoms with Crippen molar-refractivity contribution >= 4 is 0 Å². The average Bonchev–Trinajstić information content (AvgIpc) is 2.78. The van der Waals surface area contributed by atoms with Gasteiger partial charge in [-0.2, -0.15) is 0 Å². The maximum absolute atomic E-state index is 9.15. The van der Waals surface area contributed by atoms with Gasteiger partial charge in [-0.25, -0.2) is 0 Å². The minimum Gasteiger partial charge on any atom is -0.388 e. The molecule has 0 bridgehead atoms. The number of aliphatic hydroxyl groups excluding tert-OH is 1. The topological polar surface area (TPSA) is 50.9 Å². The number of hydrogen-bond donors (Lipinski definition) is 1. The van der Waals surface area contributed by atoms with E-state index in [-0.39, 0.29) is 6.61 Å². The lowest BCUT2D eigenvalue weighted by Gasteiger charge is -2.29. The Morgan fingerprint density at radius 1 is 1.38 bits per heavy atom. The van der Waals surface area contributed by atoms with Crippen LogP contribution in [0.1, 0.15) is 57.3 Å². The standard InChI is InChI=1S/C12H21N3O/c1-2-3-10-4-6-11(7-5-10)15-9-13-14-12(15)8-16/h9-11,16H,2-8H2,1H3. The van der Waals surface area contributed by atoms with Crippen molar-refractivity contribution in [2.45, 2.75) is 58.1 Å². The van der Waals surface area contributed by atoms with Crippen molar-refractivity contribution in [2.24, 2.45) is 5.92 Å². The van der Waals surface area contributed by atoms with E-state index < -0.39 is 0 Å². The molecule has 4 nitrogen and oxygen atoms in total. The maximum Gasteiger partial charge on any atom is 0.158 e. The summed E-state index contributed by atoms with van der Waals surface area (Å²) in [6.45, 7) is 2.25. The smallest absolute Gasteiger partial charge is 0.158 e. The molecule has 1 N–H and O–H groups in total. The van der Waals surface area contributed by atoms with Gasteiger partial charge in [-0.3, -0.25) is 0 Å². The van der Waals surface area contributed by atoms with E-state index >= 15 is 0 Å². The third kappa shape index (κ3) is 2.43. The first-order valence-electron chi connectivity index (χ1n) is 6.34. The quantitative estimate of drug-likeness (QED) is 0.852. The van der Waals surface area contributed by atoms with E-state index in [9.17, 15) is 0 Å². The highest BCUT2D eigenvalue weighted by Crippen LogP contribution is 2.34. The molecule has 1 saturated carbocycles. The highest BCUT2D eigenvalue weighted by Gasteiger charge is 2.23. The molecule has 1 aromatic heterocycles. The summed E-state index contributed by atoms with van der Waals surface area (Å²) in [6.07, 6.45) is 9.44. The van der Waals surface area contributed by atoms with Crippen molar-refractivity contribution in [1.82, 2.24) is 14.8 Å². The van der Waals surface area contributed by atoms with Crippen molar-refractivity contribution in [3.05, 3.63) is 12.2 Å². The molecule has 1 aliphatic rings. The van der Waals surface area contributed by atoms with E-state index in [0.717, 1.165) is 5.92 Å². The molecule has 16 heavy (non-hydrogen) atoms. The molecule has 0 amide bonds. The van der Waals surface area contributed by atoms with E-state index in [2.05, 4.69) is 21.7 Å². The van der Waals surface area contributed by atoms with E-state index in [1.54, 1.807) is 6.33 Å². The first kappa shape index (κ1) is 11.6. The second kappa shape index (κ2) is 5.43. The lowest BCUT2D eigenvalue weighted by Crippen LogP contribution is -2.19. The molecule has 1 aromatic rings. The summed E-state index contributed by atoms with van der Waals surface area (Å²) in [7, 11) is 0. The van der Waals surface area contributed by atoms with Crippen LogP contribution in [-0.4, -0.2) is 19.9 Å². The van der Waals surface area contributed by atoms with Gasteiger partial charge in [-0.15, -0.1) is 10.2 Å². The Morgan fingerprint density at radius 2 is 2.12 bits per heavy atom. The number of aromatic nitrogens is 3. The number of aliphatic hydroxyl groups is 1. The largest absolute Gasteiger partial charge is 0.388 e. The van der Waals surface area contributed by atoms with Crippen LogP contribution in [0, 0.1) is 5.92 Å². The van der Waals surface area contributed by atoms with Crippen LogP contribution in [0.5, 0.6) is 0 Å². The van der Waals surface area contributed by atoms with Crippen LogP contribution in [0.4, 0.5) is 0 Å². The van der Waals surface area contributed by atoms with Gasteiger partial charge >= 0.3 is 0 Å². The highest BCUT2D eigenvalue weighted by molar-refractivity contribution is 4.89. The first-order chi connectivity index (χ1) is 7.85. The van der Waals surface area contributed by atoms with Crippen molar-refractivity contribution in [2.75, 3.05) is 0 Å². The Balaban J connectivity index is 1.93. The molecule has 0 atom stereocenters. The van der Waals surface area contributed by atoms with Gasteiger partial charge in [0, 0.05) is 6.04 Å². The van der Waals surface area contributed by atoms with Gasteiger partial charge in [-0.1, -0.05) is 19.8 Å². The monoisotopic (exact) mass is 223 g/mol. The van der Waals surface area contributed by atoms with Crippen LogP contribution in [0.15, 0.2) is 6.33 Å². The minimum absolute atomic E-state index is 0.00507. The van der Waals surface area contributed by atoms with Crippen LogP contribution >= 0.6 is 0 Å². The zero-order valence-corrected chi connectivity index (χ0v) is 9.97. The summed E-state index contributed by atoms with van der Waals surface area (Å²) in [5.41, 5.74) is 0. The van der Waals surface area contributed by atoms with Crippen LogP contribution in [-0.2, 0) is 6.61 Å². The Hall–Kier alpha value is -0.900. The number of nitrogens with zero attached hydrogens (tertiary/aromatic N) is 3. The molecule has 0 aliphatic heterocycles. The van der Waals surface area contributed by atoms with Gasteiger partial charge in [0.05, 0.1) is 0 Å². The van der Waals surface area contributed by atoms with Crippen LogP contribution in [0.25, 0.3) is 0 Å². The summed E-state index contributed by atoms with van der Waals surface area (Å²) < 4.78 is 2.06. The van der Waals surface area contributed by atoms with Crippen molar-refractivity contribution in [3.8, 4) is 0 Å². The molecule has 90 valence electrons. The first-order valence-corrected chi connectivity index (χ1v) is 6.34. The fourth-order valence-corrected chi connectivity index (χ4v) is 2.80. The summed E-state index contributed by atoms with van der Waals surface area (Å²) >= 11 is 0. The van der Waals surface area contributed by atoms with Gasteiger partial charge in [0.15, 0.2) is 5.82 Å². The minimum atomic E-state index is -0.00507. The predicted molar refractivity (Wildman–Crippen MR) is 61.8 cm³/mol. The predicted octanol–water partition coefficient (Wildman–Crippen LogP) is 2.30. The van der Waals surface area contributed by atoms with Crippen molar-refractivity contribution in [3.63, 3.8) is 0 Å². The molecule has 2 rings (SSSR count). The second-order valence-electron chi connectivity index (χ2n) is 4.78. The van der Waals surface area contributed by atoms with E-state index in [4.69, 9.17) is 5.11 Å². The van der Waals surface area contributed by atoms with Gasteiger partial charge in [0.2, 0.25) is 0 Å². The Bertz CT molecular complexity index is 316. The van der Waals surface area contributed by atoms with Crippen LogP contribution in [0.2, 0.25) is 0 Å². The van der Waals surface area contributed by atoms with Crippen molar-refractivity contribution in [1.29, 1.82) is 0 Å². The molecule has 0 spiro atoms. The van der Waals surface area contributed by atoms with Crippen LogP contribution < -0.4 is 0 Å². The van der Waals surface area contributed by atoms with E-state index in [1.165, 1.54) is 38.5 Å². The molecule has 0 unspecified atom stereocenters. The van der Waals surface area contributed by atoms with Gasteiger partial charge in [0.1, 0.15) is 12.9 Å². The average molecular weight is 223 g/mol. The Kier molecular flexibility index (Phi) is 3.93. The molecule has 0 saturated heterocycles. The van der Waals surface area contributed by atoms with Gasteiger partial charge < -0.3 is 9.67 Å². The molecule has 4 heteroatoms. The van der Waals surface area contributed by atoms with E-state index in [0.29, 0.717) is 11.9 Å². The Labute approximate surface area is 96.7 Å². The summed E-state index contributed by atoms with van der Waals surface area (Å²) in [5, 5.41) is 17.0. The molecule has 1 fully saturated rings. The SMILES string of the molecule is CCCC1CCC(n2cnnc2CO)CC1. The Morgan fingerprint density at radius 3 is 2.75 bits per heavy atom. The fraction of sp³-hybridized carbons (Fsp3) is 0.833. The molecule has 1 heterocycles. The molecule has 1 aliphatic carbocycles. The fourth-order valence-electron chi connectivity index (χ4n) is 2.80. The normalized spacial score (nSPS) is 25.9. The zero-order chi connectivity index (χ0) is 11.4. The summed E-state index contributed by atoms with van der Waals surface area (Å²) in [6, 6.07) is 0.505. The maximum atomic E-state index is 9.15. The zero-order valence-electron chi connectivity index (χ0n) is 9.97. The third-order valence-electron chi connectivity index (χ3n) is 3.70. The third-order valence-corrected chi connectivity index (χ3v) is 3.70. The molecule has 0 radical (unpaired) electrons. The lowest BCUT2D eigenvalue weighted by molar-refractivity contribution is 0.231. The van der Waals surface area contributed by atoms with E-state index in [1.807, 2.05) is 0 Å². The van der Waals surface area contributed by atoms with Gasteiger partial charge in [0.25, 0.3) is 0 Å². The summed E-state index contributed by atoms with van der Waals surface area (Å²) in [4.78, 5) is 0. The second-order valence-corrected chi connectivity index (χ2v) is 4.78. The highest BCUT2D eigenvalue weighted by atomic mass is 16.3. The summed E-state index contributed by atoms with van der Waals surface area (Å²) in [5.74, 6) is 1.62. The lowest BCUT2D eigenvalue weighted by atomic mass is 9.83. The van der Waals surface area contributed by atoms with Gasteiger partial charge in [-0.05, 0) is 31.6 Å². The number of hydrogen-bond acceptors (Lipinski definition) is 3.